The van der Waals surface area contributed by atoms with Gasteiger partial charge < -0.3 is 29.9 Å². The van der Waals surface area contributed by atoms with Crippen molar-refractivity contribution in [1.29, 1.82) is 0 Å². The van der Waals surface area contributed by atoms with Crippen LogP contribution in [0.2, 0.25) is 0 Å². The molecule has 6 heteroatoms. The first-order chi connectivity index (χ1) is 16.6. The van der Waals surface area contributed by atoms with Gasteiger partial charge in [0.2, 0.25) is 0 Å². The van der Waals surface area contributed by atoms with E-state index in [-0.39, 0.29) is 28.3 Å². The van der Waals surface area contributed by atoms with Crippen LogP contribution in [0.3, 0.4) is 0 Å². The lowest BCUT2D eigenvalue weighted by atomic mass is 9.41. The number of rotatable bonds is 1. The highest BCUT2D eigenvalue weighted by atomic mass is 16.7. The predicted molar refractivity (Wildman–Crippen MR) is 134 cm³/mol. The van der Waals surface area contributed by atoms with E-state index in [0.29, 0.717) is 31.3 Å². The predicted octanol–water partition coefficient (Wildman–Crippen LogP) is 3.77. The maximum Gasteiger partial charge on any atom is 0.197 e. The fourth-order valence-electron chi connectivity index (χ4n) is 12.6. The van der Waals surface area contributed by atoms with Crippen LogP contribution in [0.15, 0.2) is 0 Å². The zero-order valence-electron chi connectivity index (χ0n) is 23.1. The molecule has 2 aliphatic heterocycles. The van der Waals surface area contributed by atoms with Crippen molar-refractivity contribution in [3.8, 4) is 0 Å². The van der Waals surface area contributed by atoms with Crippen molar-refractivity contribution < 1.29 is 29.9 Å². The molecule has 7 rings (SSSR count). The van der Waals surface area contributed by atoms with Gasteiger partial charge in [0.15, 0.2) is 5.79 Å². The average Bonchev–Trinajstić information content (AvgIpc) is 3.30. The summed E-state index contributed by atoms with van der Waals surface area (Å²) in [6, 6.07) is 0. The largest absolute Gasteiger partial charge is 0.393 e. The molecule has 6 nitrogen and oxygen atoms in total. The second-order valence-electron chi connectivity index (χ2n) is 15.9. The number of ether oxygens (including phenoxy) is 2. The van der Waals surface area contributed by atoms with Gasteiger partial charge in [0, 0.05) is 23.2 Å². The summed E-state index contributed by atoms with van der Waals surface area (Å²) in [5.74, 6) is -0.477. The van der Waals surface area contributed by atoms with Gasteiger partial charge >= 0.3 is 0 Å². The summed E-state index contributed by atoms with van der Waals surface area (Å²) in [5, 5.41) is 45.9. The van der Waals surface area contributed by atoms with Gasteiger partial charge in [-0.25, -0.2) is 0 Å². The van der Waals surface area contributed by atoms with Crippen molar-refractivity contribution in [1.82, 2.24) is 0 Å². The number of aliphatic hydroxyl groups is 4. The van der Waals surface area contributed by atoms with Crippen LogP contribution in [0.1, 0.15) is 99.3 Å². The minimum atomic E-state index is -1.16. The molecule has 12 atom stereocenters. The summed E-state index contributed by atoms with van der Waals surface area (Å²) in [7, 11) is 0. The second-order valence-corrected chi connectivity index (χ2v) is 15.9. The van der Waals surface area contributed by atoms with Crippen molar-refractivity contribution in [2.24, 2.45) is 44.8 Å². The van der Waals surface area contributed by atoms with E-state index in [1.54, 1.807) is 13.8 Å². The molecule has 3 spiro atoms. The Balaban J connectivity index is 1.34. The third kappa shape index (κ3) is 2.33. The topological polar surface area (TPSA) is 99.4 Å². The maximum absolute atomic E-state index is 12.0. The molecule has 5 aliphatic carbocycles. The summed E-state index contributed by atoms with van der Waals surface area (Å²) >= 11 is 0. The molecule has 7 fully saturated rings. The van der Waals surface area contributed by atoms with Crippen LogP contribution in [-0.4, -0.2) is 62.3 Å². The highest BCUT2D eigenvalue weighted by Crippen LogP contribution is 2.89. The average molecular weight is 505 g/mol. The summed E-state index contributed by atoms with van der Waals surface area (Å²) in [5.41, 5.74) is -2.34. The van der Waals surface area contributed by atoms with Crippen molar-refractivity contribution in [2.75, 3.05) is 6.61 Å². The minimum absolute atomic E-state index is 0.0793. The lowest BCUT2D eigenvalue weighted by Crippen LogP contribution is -2.62. The van der Waals surface area contributed by atoms with Gasteiger partial charge in [-0.2, -0.15) is 0 Å². The van der Waals surface area contributed by atoms with Crippen LogP contribution >= 0.6 is 0 Å². The normalized spacial score (nSPS) is 62.8. The number of fused-ring (bicyclic) bond motifs is 4. The van der Waals surface area contributed by atoms with E-state index in [1.165, 1.54) is 6.42 Å². The van der Waals surface area contributed by atoms with Gasteiger partial charge in [0.1, 0.15) is 5.60 Å². The Bertz CT molecular complexity index is 990. The summed E-state index contributed by atoms with van der Waals surface area (Å²) in [4.78, 5) is 0. The summed E-state index contributed by atoms with van der Waals surface area (Å²) in [6.07, 6.45) is 6.66. The van der Waals surface area contributed by atoms with Crippen LogP contribution in [0.4, 0.5) is 0 Å². The molecule has 0 aromatic rings. The Morgan fingerprint density at radius 1 is 0.778 bits per heavy atom. The fourth-order valence-corrected chi connectivity index (χ4v) is 12.6. The first-order valence-corrected chi connectivity index (χ1v) is 14.7. The van der Waals surface area contributed by atoms with Gasteiger partial charge in [0.25, 0.3) is 0 Å². The van der Waals surface area contributed by atoms with Crippen LogP contribution in [0, 0.1) is 44.8 Å². The molecule has 2 heterocycles. The Hall–Kier alpha value is -0.240. The first-order valence-electron chi connectivity index (χ1n) is 14.7. The van der Waals surface area contributed by atoms with Gasteiger partial charge in [0.05, 0.1) is 30.5 Å². The van der Waals surface area contributed by atoms with Crippen molar-refractivity contribution in [3.63, 3.8) is 0 Å². The van der Waals surface area contributed by atoms with E-state index >= 15 is 0 Å². The molecule has 7 aliphatic rings. The van der Waals surface area contributed by atoms with Crippen molar-refractivity contribution in [2.45, 2.75) is 135 Å². The zero-order valence-corrected chi connectivity index (χ0v) is 23.1. The number of hydrogen-bond donors (Lipinski definition) is 4. The minimum Gasteiger partial charge on any atom is -0.393 e. The number of hydrogen-bond acceptors (Lipinski definition) is 6. The molecule has 2 saturated heterocycles. The Kier molecular flexibility index (Phi) is 4.51. The first kappa shape index (κ1) is 24.8. The summed E-state index contributed by atoms with van der Waals surface area (Å²) in [6.45, 7) is 12.9. The van der Waals surface area contributed by atoms with Gasteiger partial charge in [-0.1, -0.05) is 20.8 Å². The van der Waals surface area contributed by atoms with E-state index in [2.05, 4.69) is 27.7 Å². The van der Waals surface area contributed by atoms with Crippen molar-refractivity contribution in [3.05, 3.63) is 0 Å². The second kappa shape index (κ2) is 6.55. The van der Waals surface area contributed by atoms with Crippen LogP contribution in [-0.2, 0) is 9.47 Å². The number of aliphatic hydroxyl groups excluding tert-OH is 3. The molecule has 0 aromatic heterocycles. The van der Waals surface area contributed by atoms with E-state index in [0.717, 1.165) is 38.5 Å². The molecule has 4 N–H and O–H groups in total. The molecule has 5 saturated carbocycles. The van der Waals surface area contributed by atoms with E-state index < -0.39 is 40.0 Å². The molecular formula is C30H48O6. The molecule has 0 aromatic carbocycles. The maximum atomic E-state index is 12.0. The van der Waals surface area contributed by atoms with Crippen LogP contribution in [0.25, 0.3) is 0 Å². The highest BCUT2D eigenvalue weighted by Gasteiger charge is 2.86. The van der Waals surface area contributed by atoms with Gasteiger partial charge in [-0.3, -0.25) is 0 Å². The van der Waals surface area contributed by atoms with Crippen LogP contribution in [0.5, 0.6) is 0 Å². The van der Waals surface area contributed by atoms with E-state index in [1.807, 2.05) is 0 Å². The smallest absolute Gasteiger partial charge is 0.197 e. The quantitative estimate of drug-likeness (QED) is 0.434. The SMILES string of the molecule is CC1(C)C2CCC3[C@]4(CC[C@]56CO[C@@]7(C(C)(C)O)CC[C@](C)(O7)[C@H]5[C@@H](O)[C@@H](O)[C@@]36C)C[C@]24CC[C@@H]1O. The molecular weight excluding hydrogens is 456 g/mol. The van der Waals surface area contributed by atoms with Crippen molar-refractivity contribution >= 4 is 0 Å². The van der Waals surface area contributed by atoms with E-state index in [9.17, 15) is 20.4 Å². The fraction of sp³-hybridized carbons (Fsp3) is 1.00. The molecule has 36 heavy (non-hydrogen) atoms. The van der Waals surface area contributed by atoms with E-state index in [4.69, 9.17) is 9.47 Å². The monoisotopic (exact) mass is 504 g/mol. The highest BCUT2D eigenvalue weighted by molar-refractivity contribution is 5.34. The Morgan fingerprint density at radius 2 is 1.42 bits per heavy atom. The molecule has 2 unspecified atom stereocenters. The third-order valence-corrected chi connectivity index (χ3v) is 14.4. The molecule has 2 bridgehead atoms. The standard InChI is InChI=1S/C30H48O6/c1-23(2)17-7-8-18-26(6)22(33)20(32)21-25(5)11-14-30(36-25,24(3,4)34)35-16-29(21,26)13-12-28(18)15-27(17,28)10-9-19(23)31/h17-22,31-34H,7-16H2,1-6H3/t17?,18?,19-,20+,21+,22+,25-,26+,27+,28-,29-,30-/m0/s1. The van der Waals surface area contributed by atoms with Crippen LogP contribution < -0.4 is 0 Å². The molecule has 204 valence electrons. The molecule has 0 amide bonds. The third-order valence-electron chi connectivity index (χ3n) is 14.4. The zero-order chi connectivity index (χ0) is 25.9. The van der Waals surface area contributed by atoms with Gasteiger partial charge in [-0.15, -0.1) is 0 Å². The Morgan fingerprint density at radius 3 is 2.11 bits per heavy atom. The lowest BCUT2D eigenvalue weighted by molar-refractivity contribution is -0.316. The Labute approximate surface area is 216 Å². The van der Waals surface area contributed by atoms with Gasteiger partial charge in [-0.05, 0) is 100 Å². The lowest BCUT2D eigenvalue weighted by Gasteiger charge is -2.64. The summed E-state index contributed by atoms with van der Waals surface area (Å²) < 4.78 is 13.4. The molecule has 0 radical (unpaired) electrons.